The van der Waals surface area contributed by atoms with Crippen molar-refractivity contribution in [3.8, 4) is 0 Å². The molecule has 160 valence electrons. The number of rotatable bonds is 14. The van der Waals surface area contributed by atoms with Gasteiger partial charge in [-0.1, -0.05) is 51.9 Å². The summed E-state index contributed by atoms with van der Waals surface area (Å²) in [6.07, 6.45) is 6.17. The Hall–Kier alpha value is -0.270. The molecule has 0 spiro atoms. The van der Waals surface area contributed by atoms with E-state index in [9.17, 15) is 21.8 Å². The molecule has 0 aliphatic rings. The first-order valence-corrected chi connectivity index (χ1v) is 11.6. The highest BCUT2D eigenvalue weighted by Gasteiger charge is 2.36. The van der Waals surface area contributed by atoms with Gasteiger partial charge in [-0.25, -0.2) is 8.42 Å². The van der Waals surface area contributed by atoms with E-state index in [0.717, 1.165) is 32.1 Å². The molecule has 7 heteroatoms. The topological polar surface area (TPSA) is 57.2 Å². The third-order valence-electron chi connectivity index (χ3n) is 5.37. The van der Waals surface area contributed by atoms with Crippen LogP contribution in [0.2, 0.25) is 0 Å². The van der Waals surface area contributed by atoms with Crippen molar-refractivity contribution in [3.63, 3.8) is 0 Å². The molecule has 0 amide bonds. The van der Waals surface area contributed by atoms with E-state index in [0.29, 0.717) is 6.42 Å². The summed E-state index contributed by atoms with van der Waals surface area (Å²) in [7, 11) is -5.49. The Morgan fingerprint density at radius 3 is 1.35 bits per heavy atom. The zero-order valence-corrected chi connectivity index (χ0v) is 18.3. The first kappa shape index (κ1) is 27.9. The molecule has 0 N–H and O–H groups in total. The lowest BCUT2D eigenvalue weighted by Gasteiger charge is -2.34. The van der Waals surface area contributed by atoms with Gasteiger partial charge in [-0.3, -0.25) is 0 Å². The van der Waals surface area contributed by atoms with Gasteiger partial charge < -0.3 is 9.04 Å². The second kappa shape index (κ2) is 14.7. The lowest BCUT2D eigenvalue weighted by atomic mass is 10.1. The van der Waals surface area contributed by atoms with Crippen LogP contribution in [0.25, 0.3) is 0 Å². The number of halogens is 2. The van der Waals surface area contributed by atoms with Gasteiger partial charge in [0.25, 0.3) is 0 Å². The summed E-state index contributed by atoms with van der Waals surface area (Å²) in [5, 5.41) is -4.10. The van der Waals surface area contributed by atoms with Crippen LogP contribution in [0, 0.1) is 0 Å². The fourth-order valence-corrected chi connectivity index (χ4v) is 3.33. The quantitative estimate of drug-likeness (QED) is 0.218. The van der Waals surface area contributed by atoms with Crippen molar-refractivity contribution in [2.45, 2.75) is 97.7 Å². The molecule has 0 aromatic heterocycles. The minimum Gasteiger partial charge on any atom is -0.743 e. The Morgan fingerprint density at radius 2 is 1.08 bits per heavy atom. The molecule has 0 aromatic rings. The molecular weight excluding hydrogens is 360 g/mol. The minimum atomic E-state index is -5.49. The Morgan fingerprint density at radius 1 is 0.731 bits per heavy atom. The monoisotopic (exact) mass is 401 g/mol. The van der Waals surface area contributed by atoms with E-state index in [1.165, 1.54) is 37.1 Å². The van der Waals surface area contributed by atoms with Crippen LogP contribution in [0.5, 0.6) is 0 Å². The maximum atomic E-state index is 12.7. The van der Waals surface area contributed by atoms with Crippen molar-refractivity contribution in [1.29, 1.82) is 0 Å². The second-order valence-corrected chi connectivity index (χ2v) is 8.43. The summed E-state index contributed by atoms with van der Waals surface area (Å²) < 4.78 is 57.2. The van der Waals surface area contributed by atoms with Crippen molar-refractivity contribution < 1.29 is 26.2 Å². The van der Waals surface area contributed by atoms with Crippen LogP contribution in [0.1, 0.15) is 92.4 Å². The molecule has 0 fully saturated rings. The SMILES string of the molecule is CCCCCCCCCCC(F)(F)S(=O)(=O)[O-].CC[N+](CC)(CC)CC. The van der Waals surface area contributed by atoms with Crippen molar-refractivity contribution in [2.24, 2.45) is 0 Å². The van der Waals surface area contributed by atoms with Crippen LogP contribution in [0.15, 0.2) is 0 Å². The second-order valence-electron chi connectivity index (χ2n) is 6.92. The maximum Gasteiger partial charge on any atom is 0.334 e. The van der Waals surface area contributed by atoms with E-state index in [1.54, 1.807) is 0 Å². The lowest BCUT2D eigenvalue weighted by Crippen LogP contribution is -2.47. The van der Waals surface area contributed by atoms with Crippen LogP contribution in [0.3, 0.4) is 0 Å². The molecule has 0 atom stereocenters. The predicted molar refractivity (Wildman–Crippen MR) is 104 cm³/mol. The summed E-state index contributed by atoms with van der Waals surface area (Å²) in [6.45, 7) is 16.3. The highest BCUT2D eigenvalue weighted by atomic mass is 32.2. The van der Waals surface area contributed by atoms with Gasteiger partial charge in [0.05, 0.1) is 26.2 Å². The van der Waals surface area contributed by atoms with Gasteiger partial charge in [-0.15, -0.1) is 0 Å². The minimum absolute atomic E-state index is 0.0856. The van der Waals surface area contributed by atoms with Crippen LogP contribution in [0.4, 0.5) is 8.78 Å². The molecular formula is C19H41F2NO3S. The maximum absolute atomic E-state index is 12.7. The Kier molecular flexibility index (Phi) is 15.8. The van der Waals surface area contributed by atoms with Crippen molar-refractivity contribution >= 4 is 10.1 Å². The molecule has 26 heavy (non-hydrogen) atoms. The average Bonchev–Trinajstić information content (AvgIpc) is 2.59. The number of quaternary nitrogens is 1. The largest absolute Gasteiger partial charge is 0.743 e. The summed E-state index contributed by atoms with van der Waals surface area (Å²) in [6, 6.07) is 0. The van der Waals surface area contributed by atoms with Gasteiger partial charge in [-0.2, -0.15) is 8.78 Å². The zero-order valence-electron chi connectivity index (χ0n) is 17.5. The standard InChI is InChI=1S/C11H22F2O3S.C8H20N/c1-2-3-4-5-6-7-8-9-10-11(12,13)17(14,15)16;1-5-9(6-2,7-3)8-4/h2-10H2,1H3,(H,14,15,16);5-8H2,1-4H3/q;+1/p-1. The van der Waals surface area contributed by atoms with E-state index in [1.807, 2.05) is 0 Å². The van der Waals surface area contributed by atoms with E-state index >= 15 is 0 Å². The predicted octanol–water partition coefficient (Wildman–Crippen LogP) is 5.54. The van der Waals surface area contributed by atoms with Gasteiger partial charge >= 0.3 is 5.25 Å². The molecule has 0 saturated carbocycles. The van der Waals surface area contributed by atoms with Gasteiger partial charge in [0.15, 0.2) is 10.1 Å². The van der Waals surface area contributed by atoms with Crippen LogP contribution < -0.4 is 0 Å². The van der Waals surface area contributed by atoms with E-state index in [-0.39, 0.29) is 6.42 Å². The smallest absolute Gasteiger partial charge is 0.334 e. The summed E-state index contributed by atoms with van der Waals surface area (Å²) in [5.41, 5.74) is 0. The summed E-state index contributed by atoms with van der Waals surface area (Å²) in [4.78, 5) is 0. The zero-order chi connectivity index (χ0) is 20.7. The normalized spacial score (nSPS) is 12.6. The number of unbranched alkanes of at least 4 members (excludes halogenated alkanes) is 7. The first-order chi connectivity index (χ1) is 12.1. The van der Waals surface area contributed by atoms with Crippen molar-refractivity contribution in [2.75, 3.05) is 26.2 Å². The number of hydrogen-bond acceptors (Lipinski definition) is 3. The number of alkyl halides is 2. The van der Waals surface area contributed by atoms with Crippen LogP contribution >= 0.6 is 0 Å². The molecule has 0 aromatic carbocycles. The van der Waals surface area contributed by atoms with Gasteiger partial charge in [-0.05, 0) is 34.1 Å². The van der Waals surface area contributed by atoms with E-state index < -0.39 is 21.8 Å². The highest BCUT2D eigenvalue weighted by molar-refractivity contribution is 7.86. The Bertz CT molecular complexity index is 407. The van der Waals surface area contributed by atoms with Crippen molar-refractivity contribution in [1.82, 2.24) is 0 Å². The fraction of sp³-hybridized carbons (Fsp3) is 1.00. The van der Waals surface area contributed by atoms with Gasteiger partial charge in [0.2, 0.25) is 0 Å². The molecule has 0 bridgehead atoms. The van der Waals surface area contributed by atoms with Gasteiger partial charge in [0, 0.05) is 6.42 Å². The number of hydrogen-bond donors (Lipinski definition) is 0. The molecule has 0 heterocycles. The third kappa shape index (κ3) is 12.2. The van der Waals surface area contributed by atoms with E-state index in [4.69, 9.17) is 0 Å². The fourth-order valence-electron chi connectivity index (χ4n) is 2.93. The molecule has 0 radical (unpaired) electrons. The molecule has 0 rings (SSSR count). The molecule has 0 unspecified atom stereocenters. The lowest BCUT2D eigenvalue weighted by molar-refractivity contribution is -0.921. The third-order valence-corrected chi connectivity index (χ3v) is 6.31. The highest BCUT2D eigenvalue weighted by Crippen LogP contribution is 2.27. The molecule has 0 aliphatic heterocycles. The van der Waals surface area contributed by atoms with Crippen molar-refractivity contribution in [3.05, 3.63) is 0 Å². The van der Waals surface area contributed by atoms with E-state index in [2.05, 4.69) is 34.6 Å². The number of nitrogens with zero attached hydrogens (tertiary/aromatic N) is 1. The van der Waals surface area contributed by atoms with Crippen LogP contribution in [-0.4, -0.2) is 48.9 Å². The Labute approximate surface area is 160 Å². The van der Waals surface area contributed by atoms with Crippen LogP contribution in [-0.2, 0) is 10.1 Å². The molecule has 4 nitrogen and oxygen atoms in total. The summed E-state index contributed by atoms with van der Waals surface area (Å²) >= 11 is 0. The molecule has 0 aliphatic carbocycles. The Balaban J connectivity index is 0. The van der Waals surface area contributed by atoms with Gasteiger partial charge in [0.1, 0.15) is 0 Å². The average molecular weight is 402 g/mol. The molecule has 0 saturated heterocycles. The summed E-state index contributed by atoms with van der Waals surface area (Å²) in [5.74, 6) is 0. The first-order valence-electron chi connectivity index (χ1n) is 10.2.